The van der Waals surface area contributed by atoms with Gasteiger partial charge in [0.05, 0.1) is 6.61 Å². The minimum absolute atomic E-state index is 0.243. The van der Waals surface area contributed by atoms with Crippen LogP contribution >= 0.6 is 19.1 Å². The average Bonchev–Trinajstić information content (AvgIpc) is 3.28. The smallest absolute Gasteiger partial charge is 0.344 e. The molecule has 1 N–H and O–H groups in total. The molecule has 1 unspecified atom stereocenters. The van der Waals surface area contributed by atoms with Gasteiger partial charge in [-0.3, -0.25) is 14.7 Å². The Bertz CT molecular complexity index is 948. The van der Waals surface area contributed by atoms with Crippen molar-refractivity contribution in [2.45, 2.75) is 48.8 Å². The fraction of sp³-hybridized carbons (Fsp3) is 0.440. The van der Waals surface area contributed by atoms with Crippen molar-refractivity contribution in [2.24, 2.45) is 0 Å². The highest BCUT2D eigenvalue weighted by molar-refractivity contribution is 8.01. The monoisotopic (exact) mass is 489 g/mol. The second-order valence-electron chi connectivity index (χ2n) is 8.09. The number of benzene rings is 2. The summed E-state index contributed by atoms with van der Waals surface area (Å²) < 4.78 is 24.0. The van der Waals surface area contributed by atoms with Gasteiger partial charge < -0.3 is 9.26 Å². The molecule has 2 atom stereocenters. The van der Waals surface area contributed by atoms with Crippen molar-refractivity contribution < 1.29 is 23.4 Å². The Morgan fingerprint density at radius 2 is 1.76 bits per heavy atom. The number of carbonyl (C=O) groups is 2. The lowest BCUT2D eigenvalue weighted by Crippen LogP contribution is -2.46. The first-order valence-corrected chi connectivity index (χ1v) is 14.3. The van der Waals surface area contributed by atoms with Crippen LogP contribution in [0.2, 0.25) is 0 Å². The molecule has 1 fully saturated rings. The Kier molecular flexibility index (Phi) is 9.75. The zero-order chi connectivity index (χ0) is 23.6. The van der Waals surface area contributed by atoms with Crippen molar-refractivity contribution in [2.75, 3.05) is 25.5 Å². The Labute approximate surface area is 200 Å². The van der Waals surface area contributed by atoms with Crippen molar-refractivity contribution in [1.82, 2.24) is 5.32 Å². The van der Waals surface area contributed by atoms with E-state index in [4.69, 9.17) is 9.26 Å². The van der Waals surface area contributed by atoms with Crippen molar-refractivity contribution in [3.8, 4) is 0 Å². The number of hydrogen-bond donors (Lipinski definition) is 1. The molecule has 3 rings (SSSR count). The van der Waals surface area contributed by atoms with Crippen LogP contribution < -0.4 is 5.32 Å². The summed E-state index contributed by atoms with van der Waals surface area (Å²) in [5.41, 5.74) is 1.22. The van der Waals surface area contributed by atoms with Crippen LogP contribution in [0.4, 0.5) is 0 Å². The quantitative estimate of drug-likeness (QED) is 0.188. The molecule has 178 valence electrons. The van der Waals surface area contributed by atoms with Gasteiger partial charge in [0.2, 0.25) is 7.37 Å². The minimum atomic E-state index is -3.23. The molecule has 0 bridgehead atoms. The van der Waals surface area contributed by atoms with Gasteiger partial charge in [-0.1, -0.05) is 60.3 Å². The van der Waals surface area contributed by atoms with E-state index in [-0.39, 0.29) is 12.8 Å². The zero-order valence-electron chi connectivity index (χ0n) is 19.0. The van der Waals surface area contributed by atoms with Crippen LogP contribution in [0.15, 0.2) is 65.6 Å². The normalized spacial score (nSPS) is 19.7. The zero-order valence-corrected chi connectivity index (χ0v) is 20.7. The lowest BCUT2D eigenvalue weighted by atomic mass is 10.1. The molecule has 1 saturated heterocycles. The van der Waals surface area contributed by atoms with Crippen molar-refractivity contribution in [3.05, 3.63) is 66.2 Å². The van der Waals surface area contributed by atoms with E-state index in [9.17, 15) is 14.2 Å². The first-order chi connectivity index (χ1) is 15.9. The largest absolute Gasteiger partial charge is 0.391 e. The predicted octanol–water partition coefficient (Wildman–Crippen LogP) is 5.27. The third-order valence-electron chi connectivity index (χ3n) is 5.48. The Hall–Kier alpha value is -1.92. The molecule has 0 saturated carbocycles. The van der Waals surface area contributed by atoms with Gasteiger partial charge in [-0.05, 0) is 63.3 Å². The van der Waals surface area contributed by atoms with Gasteiger partial charge in [-0.25, -0.2) is 4.79 Å². The molecule has 0 aromatic heterocycles. The number of rotatable bonds is 12. The highest BCUT2D eigenvalue weighted by atomic mass is 32.2. The van der Waals surface area contributed by atoms with Crippen LogP contribution in [0.1, 0.15) is 38.2 Å². The molecule has 1 heterocycles. The lowest BCUT2D eigenvalue weighted by molar-refractivity contribution is -0.160. The number of nitrogens with one attached hydrogen (secondary N) is 1. The van der Waals surface area contributed by atoms with Crippen molar-refractivity contribution >= 4 is 31.1 Å². The first kappa shape index (κ1) is 25.7. The molecular formula is C25H32NO5PS. The summed E-state index contributed by atoms with van der Waals surface area (Å²) in [7, 11) is -3.23. The molecule has 0 aliphatic carbocycles. The average molecular weight is 490 g/mol. The molecule has 0 amide bonds. The summed E-state index contributed by atoms with van der Waals surface area (Å²) in [6.45, 7) is 2.66. The fourth-order valence-corrected chi connectivity index (χ4v) is 7.13. The molecule has 0 radical (unpaired) electrons. The summed E-state index contributed by atoms with van der Waals surface area (Å²) in [4.78, 5) is 25.5. The summed E-state index contributed by atoms with van der Waals surface area (Å²) in [5.74, 6) is -1.42. The fourth-order valence-electron chi connectivity index (χ4n) is 3.87. The molecule has 6 nitrogen and oxygen atoms in total. The van der Waals surface area contributed by atoms with Gasteiger partial charge in [-0.2, -0.15) is 0 Å². The van der Waals surface area contributed by atoms with Crippen LogP contribution in [0.3, 0.4) is 0 Å². The van der Waals surface area contributed by atoms with E-state index in [1.807, 2.05) is 48.5 Å². The SMILES string of the molecule is CCOP(=O)(CCCCc1ccccc1)CC(=O)OC(=O)[C@]1(Sc2ccccc2)CCCN1. The van der Waals surface area contributed by atoms with Crippen LogP contribution in [-0.2, 0) is 29.8 Å². The second kappa shape index (κ2) is 12.5. The summed E-state index contributed by atoms with van der Waals surface area (Å²) in [6.07, 6.45) is 3.66. The van der Waals surface area contributed by atoms with Crippen molar-refractivity contribution in [1.29, 1.82) is 0 Å². The molecule has 0 spiro atoms. The number of aryl methyl sites for hydroxylation is 1. The van der Waals surface area contributed by atoms with Crippen LogP contribution in [0.25, 0.3) is 0 Å². The van der Waals surface area contributed by atoms with E-state index in [2.05, 4.69) is 17.4 Å². The molecule has 1 aliphatic rings. The highest BCUT2D eigenvalue weighted by Gasteiger charge is 2.45. The number of carbonyl (C=O) groups excluding carboxylic acids is 2. The molecular weight excluding hydrogens is 457 g/mol. The Morgan fingerprint density at radius 3 is 2.39 bits per heavy atom. The number of unbranched alkanes of at least 4 members (excludes halogenated alkanes) is 1. The van der Waals surface area contributed by atoms with E-state index >= 15 is 0 Å². The lowest BCUT2D eigenvalue weighted by Gasteiger charge is -2.26. The van der Waals surface area contributed by atoms with Crippen LogP contribution in [0.5, 0.6) is 0 Å². The van der Waals surface area contributed by atoms with Gasteiger partial charge in [0.25, 0.3) is 0 Å². The van der Waals surface area contributed by atoms with Gasteiger partial charge >= 0.3 is 11.9 Å². The van der Waals surface area contributed by atoms with Crippen LogP contribution in [0, 0.1) is 0 Å². The van der Waals surface area contributed by atoms with Crippen LogP contribution in [-0.4, -0.2) is 42.3 Å². The molecule has 33 heavy (non-hydrogen) atoms. The molecule has 2 aromatic rings. The van der Waals surface area contributed by atoms with E-state index in [0.717, 1.165) is 24.2 Å². The maximum Gasteiger partial charge on any atom is 0.344 e. The van der Waals surface area contributed by atoms with Gasteiger partial charge in [0.1, 0.15) is 6.16 Å². The number of hydrogen-bond acceptors (Lipinski definition) is 7. The first-order valence-electron chi connectivity index (χ1n) is 11.5. The highest BCUT2D eigenvalue weighted by Crippen LogP contribution is 2.48. The van der Waals surface area contributed by atoms with E-state index in [0.29, 0.717) is 25.5 Å². The maximum absolute atomic E-state index is 13.3. The maximum atomic E-state index is 13.3. The summed E-state index contributed by atoms with van der Waals surface area (Å²) in [5, 5.41) is 3.21. The van der Waals surface area contributed by atoms with E-state index in [1.54, 1.807) is 6.92 Å². The minimum Gasteiger partial charge on any atom is -0.391 e. The number of esters is 2. The Balaban J connectivity index is 1.55. The van der Waals surface area contributed by atoms with E-state index in [1.165, 1.54) is 17.3 Å². The number of ether oxygens (including phenoxy) is 1. The number of thioether (sulfide) groups is 1. The predicted molar refractivity (Wildman–Crippen MR) is 132 cm³/mol. The van der Waals surface area contributed by atoms with Gasteiger partial charge in [0, 0.05) is 11.1 Å². The third-order valence-corrected chi connectivity index (χ3v) is 9.32. The topological polar surface area (TPSA) is 81.7 Å². The standard InChI is InChI=1S/C25H32NO5PS/c1-2-30-32(29,19-10-9-14-21-12-5-3-6-13-21)20-23(27)31-24(28)25(17-11-18-26-25)33-22-15-7-4-8-16-22/h3-8,12-13,15-16,26H,2,9-11,14,17-20H2,1H3/t25-,32?/m1/s1. The van der Waals surface area contributed by atoms with Gasteiger partial charge in [0.15, 0.2) is 4.87 Å². The molecule has 1 aliphatic heterocycles. The molecule has 8 heteroatoms. The summed E-state index contributed by atoms with van der Waals surface area (Å²) in [6, 6.07) is 19.6. The van der Waals surface area contributed by atoms with E-state index < -0.39 is 24.2 Å². The van der Waals surface area contributed by atoms with Crippen molar-refractivity contribution in [3.63, 3.8) is 0 Å². The molecule has 2 aromatic carbocycles. The third kappa shape index (κ3) is 7.82. The van der Waals surface area contributed by atoms with Gasteiger partial charge in [-0.15, -0.1) is 0 Å². The second-order valence-corrected chi connectivity index (χ2v) is 12.1. The Morgan fingerprint density at radius 1 is 1.06 bits per heavy atom. The summed E-state index contributed by atoms with van der Waals surface area (Å²) >= 11 is 1.35.